The van der Waals surface area contributed by atoms with Gasteiger partial charge in [0.25, 0.3) is 0 Å². The minimum atomic E-state index is 0.197. The van der Waals surface area contributed by atoms with E-state index in [0.717, 1.165) is 47.3 Å². The van der Waals surface area contributed by atoms with Gasteiger partial charge in [-0.3, -0.25) is 0 Å². The maximum absolute atomic E-state index is 2.61. The van der Waals surface area contributed by atoms with Gasteiger partial charge in [0.05, 0.1) is 0 Å². The molecule has 8 saturated carbocycles. The van der Waals surface area contributed by atoms with Crippen molar-refractivity contribution < 1.29 is 0 Å². The summed E-state index contributed by atoms with van der Waals surface area (Å²) < 4.78 is 0. The highest BCUT2D eigenvalue weighted by Gasteiger charge is 2.63. The first-order valence-electron chi connectivity index (χ1n) is 43.8. The van der Waals surface area contributed by atoms with Gasteiger partial charge in [-0.2, -0.15) is 0 Å². The van der Waals surface area contributed by atoms with E-state index in [1.54, 1.807) is 22.3 Å². The minimum Gasteiger partial charge on any atom is -0.0622 e. The molecule has 0 N–H and O–H groups in total. The van der Waals surface area contributed by atoms with Crippen LogP contribution >= 0.6 is 0 Å². The standard InChI is InChI=1S/C60H46.C58H44/c1-2-10-40(11-3-1)41-22-26-45(27-23-41)58-52-13-4-6-15-54(52)59(55-16-7-5-14-53(55)58)46-28-24-43(25-29-46)42-18-20-44(21-19-42)47-30-31-51-50-12-8-9-17-56(50)60(57(51)37-47)48-33-38-32-39(35-48)36-49(60)34-38;1-2-10-43-34-45(26-23-38(43)9-1)57-52-14-5-3-12-50(52)56(51-13-4-6-15-53(51)57)42-24-21-40(22-25-42)39-17-19-41(20-18-39)44-27-28-49-48-11-7-8-16-54(48)58(55(49)35-44)46-30-36-29-37(32-46)33-47(58)31-36/h1-31,37-39,48-49H,32-36H2;1-28,34-37,46-47H,29-33H2. The fourth-order valence-electron chi connectivity index (χ4n) is 26.3. The van der Waals surface area contributed by atoms with Gasteiger partial charge in [0.2, 0.25) is 0 Å². The van der Waals surface area contributed by atoms with E-state index in [-0.39, 0.29) is 10.8 Å². The van der Waals surface area contributed by atoms with Crippen molar-refractivity contribution in [1.82, 2.24) is 0 Å². The first-order chi connectivity index (χ1) is 58.4. The fraction of sp³-hybridized carbons (Fsp3) is 0.169. The van der Waals surface area contributed by atoms with Gasteiger partial charge >= 0.3 is 0 Å². The maximum atomic E-state index is 2.61. The molecule has 0 nitrogen and oxygen atoms in total. The average Bonchev–Trinajstić information content (AvgIpc) is 1.51. The third-order valence-electron chi connectivity index (χ3n) is 30.7. The highest BCUT2D eigenvalue weighted by molar-refractivity contribution is 6.23. The van der Waals surface area contributed by atoms with Crippen LogP contribution in [0.3, 0.4) is 0 Å². The molecule has 562 valence electrons. The molecule has 0 radical (unpaired) electrons. The molecule has 0 aromatic heterocycles. The Hall–Kier alpha value is -12.7. The summed E-state index contributed by atoms with van der Waals surface area (Å²) in [6.45, 7) is 0. The number of hydrogen-bond donors (Lipinski definition) is 0. The molecule has 0 amide bonds. The van der Waals surface area contributed by atoms with E-state index in [1.807, 2.05) is 0 Å². The van der Waals surface area contributed by atoms with Crippen LogP contribution in [0, 0.1) is 47.3 Å². The summed E-state index contributed by atoms with van der Waals surface area (Å²) in [5.41, 5.74) is 35.9. The zero-order chi connectivity index (χ0) is 77.3. The predicted molar refractivity (Wildman–Crippen MR) is 496 cm³/mol. The fourth-order valence-corrected chi connectivity index (χ4v) is 26.3. The molecule has 0 unspecified atom stereocenters. The van der Waals surface area contributed by atoms with Crippen molar-refractivity contribution in [2.45, 2.75) is 75.0 Å². The highest BCUT2D eigenvalue weighted by atomic mass is 14.7. The second-order valence-corrected chi connectivity index (χ2v) is 36.5. The Morgan fingerprint density at radius 2 is 0.390 bits per heavy atom. The Bertz CT molecular complexity index is 6910. The number of hydrogen-bond acceptors (Lipinski definition) is 0. The Kier molecular flexibility index (Phi) is 15.6. The third kappa shape index (κ3) is 10.5. The van der Waals surface area contributed by atoms with Crippen LogP contribution in [0.1, 0.15) is 86.5 Å². The molecule has 0 aliphatic heterocycles. The molecular formula is C118H90. The molecule has 18 aromatic rings. The van der Waals surface area contributed by atoms with Gasteiger partial charge in [-0.1, -0.05) is 358 Å². The molecule has 0 saturated heterocycles. The second-order valence-electron chi connectivity index (χ2n) is 36.5. The van der Waals surface area contributed by atoms with E-state index in [2.05, 4.69) is 376 Å². The molecule has 0 atom stereocenters. The maximum Gasteiger partial charge on any atom is 0.0272 e. The summed E-state index contributed by atoms with van der Waals surface area (Å²) in [5, 5.41) is 12.8. The van der Waals surface area contributed by atoms with Gasteiger partial charge < -0.3 is 0 Å². The van der Waals surface area contributed by atoms with Gasteiger partial charge in [0.1, 0.15) is 0 Å². The average molecular weight is 1510 g/mol. The van der Waals surface area contributed by atoms with Crippen molar-refractivity contribution in [3.8, 4) is 122 Å². The van der Waals surface area contributed by atoms with Crippen LogP contribution in [0.2, 0.25) is 0 Å². The summed E-state index contributed by atoms with van der Waals surface area (Å²) in [5.74, 6) is 6.94. The van der Waals surface area contributed by atoms with E-state index in [9.17, 15) is 0 Å². The Morgan fingerprint density at radius 3 is 0.729 bits per heavy atom. The van der Waals surface area contributed by atoms with Crippen molar-refractivity contribution in [2.24, 2.45) is 47.3 Å². The van der Waals surface area contributed by atoms with Crippen molar-refractivity contribution in [3.05, 3.63) is 398 Å². The van der Waals surface area contributed by atoms with E-state index < -0.39 is 0 Å². The number of rotatable bonds is 9. The summed E-state index contributed by atoms with van der Waals surface area (Å²) in [4.78, 5) is 0. The topological polar surface area (TPSA) is 0 Å². The smallest absolute Gasteiger partial charge is 0.0272 e. The van der Waals surface area contributed by atoms with E-state index >= 15 is 0 Å². The summed E-state index contributed by atoms with van der Waals surface area (Å²) >= 11 is 0. The lowest BCUT2D eigenvalue weighted by Gasteiger charge is -2.61. The van der Waals surface area contributed by atoms with E-state index in [4.69, 9.17) is 0 Å². The van der Waals surface area contributed by atoms with Crippen LogP contribution in [-0.2, 0) is 10.8 Å². The quantitative estimate of drug-likeness (QED) is 0.126. The van der Waals surface area contributed by atoms with E-state index in [1.165, 1.54) is 240 Å². The Balaban J connectivity index is 0.000000132. The molecule has 118 heavy (non-hydrogen) atoms. The third-order valence-corrected chi connectivity index (χ3v) is 30.7. The monoisotopic (exact) mass is 1510 g/mol. The molecule has 10 aliphatic carbocycles. The first kappa shape index (κ1) is 68.5. The van der Waals surface area contributed by atoms with E-state index in [0.29, 0.717) is 0 Å². The zero-order valence-electron chi connectivity index (χ0n) is 66.5. The number of benzene rings is 18. The predicted octanol–water partition coefficient (Wildman–Crippen LogP) is 31.6. The van der Waals surface area contributed by atoms with Crippen molar-refractivity contribution in [2.75, 3.05) is 0 Å². The molecule has 0 heteroatoms. The molecule has 2 spiro atoms. The Labute approximate surface area is 692 Å². The first-order valence-corrected chi connectivity index (χ1v) is 43.8. The van der Waals surface area contributed by atoms with Gasteiger partial charge in [0, 0.05) is 10.8 Å². The van der Waals surface area contributed by atoms with Crippen LogP contribution in [0.5, 0.6) is 0 Å². The Morgan fingerprint density at radius 1 is 0.153 bits per heavy atom. The van der Waals surface area contributed by atoms with Gasteiger partial charge in [-0.25, -0.2) is 0 Å². The molecule has 8 fully saturated rings. The van der Waals surface area contributed by atoms with Crippen LogP contribution in [0.4, 0.5) is 0 Å². The summed E-state index contributed by atoms with van der Waals surface area (Å²) in [7, 11) is 0. The van der Waals surface area contributed by atoms with Crippen molar-refractivity contribution >= 4 is 53.9 Å². The molecule has 28 rings (SSSR count). The largest absolute Gasteiger partial charge is 0.0622 e. The van der Waals surface area contributed by atoms with Crippen LogP contribution in [-0.4, -0.2) is 0 Å². The van der Waals surface area contributed by atoms with Crippen molar-refractivity contribution in [3.63, 3.8) is 0 Å². The molecular weight excluding hydrogens is 1420 g/mol. The zero-order valence-corrected chi connectivity index (χ0v) is 66.5. The normalized spacial score (nSPS) is 22.3. The molecule has 10 aliphatic rings. The summed E-state index contributed by atoms with van der Waals surface area (Å²) in [6, 6.07) is 142. The lowest BCUT2D eigenvalue weighted by molar-refractivity contribution is -0.0399. The van der Waals surface area contributed by atoms with Gasteiger partial charge in [0.15, 0.2) is 0 Å². The number of fused-ring (bicyclic) bond motifs is 11. The van der Waals surface area contributed by atoms with Crippen LogP contribution in [0.15, 0.2) is 376 Å². The van der Waals surface area contributed by atoms with Crippen LogP contribution < -0.4 is 0 Å². The lowest BCUT2D eigenvalue weighted by atomic mass is 9.43. The van der Waals surface area contributed by atoms with Crippen molar-refractivity contribution in [1.29, 1.82) is 0 Å². The SMILES string of the molecule is c1ccc(-c2ccc(-c3c4ccccc4c(-c4ccc(-c5ccc(-c6ccc7c(c6)C6(c8ccccc8-7)C7CC8CC(C7)CC6C8)cc5)cc4)c4ccccc34)cc2)cc1.c1ccc2c(c1)-c1ccc(-c3ccc(-c4ccc(-c5c6ccccc6c(-c6ccc7ccccc7c6)c6ccccc56)cc4)cc3)cc1C21C2CC3CC(C2)CC1C3. The summed E-state index contributed by atoms with van der Waals surface area (Å²) in [6.07, 6.45) is 14.3. The lowest BCUT2D eigenvalue weighted by Crippen LogP contribution is -2.55. The second kappa shape index (κ2) is 26.9. The van der Waals surface area contributed by atoms with Gasteiger partial charge in [-0.05, 0) is 328 Å². The molecule has 8 bridgehead atoms. The molecule has 18 aromatic carbocycles. The molecule has 0 heterocycles. The highest BCUT2D eigenvalue weighted by Crippen LogP contribution is 2.72. The minimum absolute atomic E-state index is 0.197. The van der Waals surface area contributed by atoms with Gasteiger partial charge in [-0.15, -0.1) is 0 Å². The van der Waals surface area contributed by atoms with Crippen LogP contribution in [0.25, 0.3) is 176 Å².